The number of piperidine rings is 1. The molecule has 1 aromatic heterocycles. The lowest BCUT2D eigenvalue weighted by Gasteiger charge is -2.32. The third-order valence-electron chi connectivity index (χ3n) is 3.91. The Morgan fingerprint density at radius 2 is 2.21 bits per heavy atom. The summed E-state index contributed by atoms with van der Waals surface area (Å²) in [5.41, 5.74) is 3.17. The molecule has 0 amide bonds. The lowest BCUT2D eigenvalue weighted by atomic mass is 10.0. The average molecular weight is 283 g/mol. The number of hydrogen-bond donors (Lipinski definition) is 0. The second-order valence-corrected chi connectivity index (χ2v) is 5.71. The minimum atomic E-state index is 0.453. The Kier molecular flexibility index (Phi) is 5.06. The predicted octanol–water partition coefficient (Wildman–Crippen LogP) is 3.30. The summed E-state index contributed by atoms with van der Waals surface area (Å²) in [6, 6.07) is 2.55. The molecule has 1 fully saturated rings. The Labute approximate surface area is 120 Å². The molecule has 19 heavy (non-hydrogen) atoms. The van der Waals surface area contributed by atoms with E-state index < -0.39 is 0 Å². The number of rotatable bonds is 4. The van der Waals surface area contributed by atoms with Gasteiger partial charge in [-0.3, -0.25) is 0 Å². The van der Waals surface area contributed by atoms with E-state index >= 15 is 0 Å². The Bertz CT molecular complexity index is 436. The summed E-state index contributed by atoms with van der Waals surface area (Å²) < 4.78 is 5.96. The van der Waals surface area contributed by atoms with E-state index in [1.807, 2.05) is 6.92 Å². The van der Waals surface area contributed by atoms with E-state index in [0.717, 1.165) is 23.4 Å². The molecule has 0 aliphatic carbocycles. The minimum absolute atomic E-state index is 0.453. The fourth-order valence-electron chi connectivity index (χ4n) is 2.64. The molecule has 2 heterocycles. The molecule has 1 aliphatic rings. The number of hydrogen-bond acceptors (Lipinski definition) is 3. The fourth-order valence-corrected chi connectivity index (χ4v) is 2.97. The molecule has 0 spiro atoms. The Morgan fingerprint density at radius 3 is 2.89 bits per heavy atom. The quantitative estimate of drug-likeness (QED) is 0.793. The molecule has 2 rings (SSSR count). The number of nitrogens with zero attached hydrogens (tertiary/aromatic N) is 2. The maximum Gasteiger partial charge on any atom is 0.218 e. The van der Waals surface area contributed by atoms with E-state index in [1.54, 1.807) is 0 Å². The van der Waals surface area contributed by atoms with E-state index in [-0.39, 0.29) is 0 Å². The molecule has 1 unspecified atom stereocenters. The minimum Gasteiger partial charge on any atom is -0.476 e. The van der Waals surface area contributed by atoms with Crippen molar-refractivity contribution >= 4 is 11.6 Å². The summed E-state index contributed by atoms with van der Waals surface area (Å²) >= 11 is 6.01. The molecule has 1 aliphatic heterocycles. The fraction of sp³-hybridized carbons (Fsp3) is 0.667. The third kappa shape index (κ3) is 3.61. The zero-order valence-electron chi connectivity index (χ0n) is 12.1. The van der Waals surface area contributed by atoms with Gasteiger partial charge in [-0.25, -0.2) is 4.98 Å². The van der Waals surface area contributed by atoms with Gasteiger partial charge in [-0.15, -0.1) is 11.6 Å². The van der Waals surface area contributed by atoms with Crippen LogP contribution in [0.2, 0.25) is 0 Å². The molecule has 4 heteroatoms. The second-order valence-electron chi connectivity index (χ2n) is 5.44. The smallest absolute Gasteiger partial charge is 0.218 e. The summed E-state index contributed by atoms with van der Waals surface area (Å²) in [5.74, 6) is 1.17. The van der Waals surface area contributed by atoms with Crippen LogP contribution in [0.4, 0.5) is 0 Å². The first-order valence-electron chi connectivity index (χ1n) is 6.98. The standard InChI is InChI=1S/C15H23ClN2O/c1-11-8-12(2)17-15(14(11)9-16)19-10-13-6-4-5-7-18(13)3/h8,13H,4-7,9-10H2,1-3H3. The summed E-state index contributed by atoms with van der Waals surface area (Å²) in [6.45, 7) is 5.92. The van der Waals surface area contributed by atoms with E-state index in [0.29, 0.717) is 24.4 Å². The highest BCUT2D eigenvalue weighted by Gasteiger charge is 2.20. The van der Waals surface area contributed by atoms with Gasteiger partial charge in [-0.05, 0) is 51.9 Å². The van der Waals surface area contributed by atoms with Gasteiger partial charge in [-0.2, -0.15) is 0 Å². The number of halogens is 1. The number of ether oxygens (including phenoxy) is 1. The zero-order valence-corrected chi connectivity index (χ0v) is 12.8. The number of alkyl halides is 1. The van der Waals surface area contributed by atoms with Crippen molar-refractivity contribution in [2.45, 2.75) is 45.0 Å². The van der Waals surface area contributed by atoms with Gasteiger partial charge in [-0.1, -0.05) is 6.42 Å². The third-order valence-corrected chi connectivity index (χ3v) is 4.17. The van der Waals surface area contributed by atoms with E-state index in [9.17, 15) is 0 Å². The average Bonchev–Trinajstić information content (AvgIpc) is 2.37. The Balaban J connectivity index is 2.06. The van der Waals surface area contributed by atoms with Gasteiger partial charge in [0.1, 0.15) is 6.61 Å². The number of aryl methyl sites for hydroxylation is 2. The van der Waals surface area contributed by atoms with E-state index in [2.05, 4.69) is 29.9 Å². The predicted molar refractivity (Wildman–Crippen MR) is 79.0 cm³/mol. The maximum absolute atomic E-state index is 6.01. The molecule has 1 atom stereocenters. The van der Waals surface area contributed by atoms with Crippen LogP contribution in [0.1, 0.15) is 36.1 Å². The van der Waals surface area contributed by atoms with Crippen LogP contribution in [0.15, 0.2) is 6.07 Å². The Morgan fingerprint density at radius 1 is 1.42 bits per heavy atom. The molecular formula is C15H23ClN2O. The molecule has 3 nitrogen and oxygen atoms in total. The van der Waals surface area contributed by atoms with E-state index in [4.69, 9.17) is 16.3 Å². The van der Waals surface area contributed by atoms with Gasteiger partial charge in [0, 0.05) is 17.3 Å². The largest absolute Gasteiger partial charge is 0.476 e. The zero-order chi connectivity index (χ0) is 13.8. The van der Waals surface area contributed by atoms with Crippen molar-refractivity contribution < 1.29 is 4.74 Å². The molecule has 0 bridgehead atoms. The lowest BCUT2D eigenvalue weighted by molar-refractivity contribution is 0.122. The van der Waals surface area contributed by atoms with Gasteiger partial charge in [0.25, 0.3) is 0 Å². The van der Waals surface area contributed by atoms with Crippen LogP contribution in [-0.2, 0) is 5.88 Å². The van der Waals surface area contributed by atoms with Crippen LogP contribution in [0.5, 0.6) is 5.88 Å². The van der Waals surface area contributed by atoms with Crippen LogP contribution < -0.4 is 4.74 Å². The van der Waals surface area contributed by atoms with Gasteiger partial charge in [0.15, 0.2) is 0 Å². The van der Waals surface area contributed by atoms with Crippen molar-refractivity contribution in [3.63, 3.8) is 0 Å². The maximum atomic E-state index is 6.01. The van der Waals surface area contributed by atoms with Crippen LogP contribution in [0.25, 0.3) is 0 Å². The van der Waals surface area contributed by atoms with Crippen molar-refractivity contribution in [2.24, 2.45) is 0 Å². The van der Waals surface area contributed by atoms with Crippen molar-refractivity contribution in [1.82, 2.24) is 9.88 Å². The highest BCUT2D eigenvalue weighted by atomic mass is 35.5. The van der Waals surface area contributed by atoms with Crippen LogP contribution in [0.3, 0.4) is 0 Å². The highest BCUT2D eigenvalue weighted by Crippen LogP contribution is 2.24. The van der Waals surface area contributed by atoms with Crippen molar-refractivity contribution in [2.75, 3.05) is 20.2 Å². The van der Waals surface area contributed by atoms with Gasteiger partial charge in [0.05, 0.1) is 5.88 Å². The first-order chi connectivity index (χ1) is 9.11. The SMILES string of the molecule is Cc1cc(C)c(CCl)c(OCC2CCCCN2C)n1. The number of pyridine rings is 1. The molecule has 0 N–H and O–H groups in total. The Hall–Kier alpha value is -0.800. The topological polar surface area (TPSA) is 25.4 Å². The highest BCUT2D eigenvalue weighted by molar-refractivity contribution is 6.17. The number of likely N-dealkylation sites (tertiary alicyclic amines) is 1. The monoisotopic (exact) mass is 282 g/mol. The molecule has 106 valence electrons. The van der Waals surface area contributed by atoms with Crippen molar-refractivity contribution in [3.8, 4) is 5.88 Å². The van der Waals surface area contributed by atoms with Gasteiger partial charge >= 0.3 is 0 Å². The number of likely N-dealkylation sites (N-methyl/N-ethyl adjacent to an activating group) is 1. The van der Waals surface area contributed by atoms with Crippen LogP contribution in [0, 0.1) is 13.8 Å². The van der Waals surface area contributed by atoms with Crippen LogP contribution in [-0.4, -0.2) is 36.1 Å². The summed E-state index contributed by atoms with van der Waals surface area (Å²) in [6.07, 6.45) is 3.79. The molecule has 0 saturated carbocycles. The van der Waals surface area contributed by atoms with Crippen LogP contribution >= 0.6 is 11.6 Å². The summed E-state index contributed by atoms with van der Waals surface area (Å²) in [4.78, 5) is 6.87. The molecule has 1 aromatic rings. The molecule has 0 aromatic carbocycles. The molecule has 1 saturated heterocycles. The van der Waals surface area contributed by atoms with Crippen molar-refractivity contribution in [3.05, 3.63) is 22.9 Å². The van der Waals surface area contributed by atoms with Crippen molar-refractivity contribution in [1.29, 1.82) is 0 Å². The summed E-state index contributed by atoms with van der Waals surface area (Å²) in [5, 5.41) is 0. The first-order valence-corrected chi connectivity index (χ1v) is 7.51. The van der Waals surface area contributed by atoms with Gasteiger partial charge in [0.2, 0.25) is 5.88 Å². The summed E-state index contributed by atoms with van der Waals surface area (Å²) in [7, 11) is 2.17. The number of aromatic nitrogens is 1. The normalized spacial score (nSPS) is 20.5. The molecule has 0 radical (unpaired) electrons. The van der Waals surface area contributed by atoms with Gasteiger partial charge < -0.3 is 9.64 Å². The second kappa shape index (κ2) is 6.58. The van der Waals surface area contributed by atoms with E-state index in [1.165, 1.54) is 19.3 Å². The molecular weight excluding hydrogens is 260 g/mol. The lowest BCUT2D eigenvalue weighted by Crippen LogP contribution is -2.40. The first kappa shape index (κ1) is 14.6.